The van der Waals surface area contributed by atoms with Crippen LogP contribution in [0.5, 0.6) is 0 Å². The zero-order chi connectivity index (χ0) is 13.2. The van der Waals surface area contributed by atoms with E-state index in [9.17, 15) is 0 Å². The molecular formula is C14H26BrN3. The molecule has 18 heavy (non-hydrogen) atoms. The number of nitrogens with zero attached hydrogens (tertiary/aromatic N) is 3. The highest BCUT2D eigenvalue weighted by Crippen LogP contribution is 2.10. The second-order valence-electron chi connectivity index (χ2n) is 5.20. The van der Waals surface area contributed by atoms with Crippen molar-refractivity contribution in [2.75, 3.05) is 20.6 Å². The summed E-state index contributed by atoms with van der Waals surface area (Å²) in [6, 6.07) is 0. The van der Waals surface area contributed by atoms with Crippen molar-refractivity contribution in [1.82, 2.24) is 14.7 Å². The molecule has 0 atom stereocenters. The van der Waals surface area contributed by atoms with Crippen LogP contribution in [0, 0.1) is 0 Å². The van der Waals surface area contributed by atoms with E-state index in [0.29, 0.717) is 0 Å². The Morgan fingerprint density at radius 3 is 2.22 bits per heavy atom. The molecule has 0 aliphatic carbocycles. The van der Waals surface area contributed by atoms with Crippen molar-refractivity contribution in [1.29, 1.82) is 0 Å². The second-order valence-corrected chi connectivity index (χ2v) is 6.12. The van der Waals surface area contributed by atoms with Gasteiger partial charge in [0.2, 0.25) is 0 Å². The van der Waals surface area contributed by atoms with Crippen molar-refractivity contribution >= 4 is 15.9 Å². The number of rotatable bonds is 10. The van der Waals surface area contributed by atoms with Gasteiger partial charge in [0.15, 0.2) is 0 Å². The summed E-state index contributed by atoms with van der Waals surface area (Å²) < 4.78 is 3.09. The Balaban J connectivity index is 1.84. The van der Waals surface area contributed by atoms with Gasteiger partial charge in [0.25, 0.3) is 0 Å². The third-order valence-corrected chi connectivity index (χ3v) is 3.50. The van der Waals surface area contributed by atoms with E-state index in [1.807, 2.05) is 17.1 Å². The van der Waals surface area contributed by atoms with Gasteiger partial charge in [0.05, 0.1) is 10.7 Å². The Bertz CT molecular complexity index is 310. The maximum Gasteiger partial charge on any atom is 0.0632 e. The average Bonchev–Trinajstić information content (AvgIpc) is 2.72. The van der Waals surface area contributed by atoms with Crippen LogP contribution in [-0.4, -0.2) is 35.3 Å². The molecule has 3 nitrogen and oxygen atoms in total. The predicted octanol–water partition coefficient (Wildman–Crippen LogP) is 3.94. The number of halogens is 1. The summed E-state index contributed by atoms with van der Waals surface area (Å²) in [6.45, 7) is 2.28. The van der Waals surface area contributed by atoms with E-state index >= 15 is 0 Å². The Labute approximate surface area is 120 Å². The molecule has 1 heterocycles. The lowest BCUT2D eigenvalue weighted by molar-refractivity contribution is 0.389. The van der Waals surface area contributed by atoms with Gasteiger partial charge in [-0.2, -0.15) is 5.10 Å². The van der Waals surface area contributed by atoms with Crippen LogP contribution < -0.4 is 0 Å². The highest BCUT2D eigenvalue weighted by atomic mass is 79.9. The van der Waals surface area contributed by atoms with Crippen molar-refractivity contribution in [3.8, 4) is 0 Å². The van der Waals surface area contributed by atoms with E-state index < -0.39 is 0 Å². The largest absolute Gasteiger partial charge is 0.309 e. The maximum absolute atomic E-state index is 4.26. The van der Waals surface area contributed by atoms with E-state index in [2.05, 4.69) is 40.0 Å². The Morgan fingerprint density at radius 1 is 1.06 bits per heavy atom. The number of hydrogen-bond donors (Lipinski definition) is 0. The molecule has 0 radical (unpaired) electrons. The number of unbranched alkanes of at least 4 members (excludes halogenated alkanes) is 6. The minimum Gasteiger partial charge on any atom is -0.309 e. The van der Waals surface area contributed by atoms with Gasteiger partial charge in [0.1, 0.15) is 0 Å². The van der Waals surface area contributed by atoms with Crippen molar-refractivity contribution in [2.45, 2.75) is 51.5 Å². The van der Waals surface area contributed by atoms with Crippen LogP contribution >= 0.6 is 15.9 Å². The third-order valence-electron chi connectivity index (χ3n) is 3.09. The van der Waals surface area contributed by atoms with E-state index in [0.717, 1.165) is 11.0 Å². The van der Waals surface area contributed by atoms with Crippen molar-refractivity contribution in [3.05, 3.63) is 16.9 Å². The number of hydrogen-bond acceptors (Lipinski definition) is 2. The molecule has 0 aliphatic rings. The van der Waals surface area contributed by atoms with Crippen molar-refractivity contribution in [2.24, 2.45) is 0 Å². The minimum absolute atomic E-state index is 1.05. The Morgan fingerprint density at radius 2 is 1.67 bits per heavy atom. The summed E-state index contributed by atoms with van der Waals surface area (Å²) >= 11 is 3.41. The molecule has 0 aliphatic heterocycles. The maximum atomic E-state index is 4.26. The Hall–Kier alpha value is -0.350. The fourth-order valence-electron chi connectivity index (χ4n) is 2.05. The SMILES string of the molecule is CN(C)CCCCCCCCCn1cc(Br)cn1. The number of aromatic nitrogens is 2. The van der Waals surface area contributed by atoms with Gasteiger partial charge in [-0.3, -0.25) is 4.68 Å². The fraction of sp³-hybridized carbons (Fsp3) is 0.786. The first kappa shape index (κ1) is 15.7. The molecule has 0 bridgehead atoms. The second kappa shape index (κ2) is 9.56. The van der Waals surface area contributed by atoms with Gasteiger partial charge in [-0.25, -0.2) is 0 Å². The van der Waals surface area contributed by atoms with Gasteiger partial charge in [-0.1, -0.05) is 32.1 Å². The van der Waals surface area contributed by atoms with Crippen LogP contribution in [0.1, 0.15) is 44.9 Å². The zero-order valence-corrected chi connectivity index (χ0v) is 13.3. The van der Waals surface area contributed by atoms with Crippen LogP contribution in [0.25, 0.3) is 0 Å². The summed E-state index contributed by atoms with van der Waals surface area (Å²) in [4.78, 5) is 2.27. The molecule has 104 valence electrons. The van der Waals surface area contributed by atoms with Gasteiger partial charge in [-0.05, 0) is 49.4 Å². The van der Waals surface area contributed by atoms with E-state index in [1.54, 1.807) is 0 Å². The van der Waals surface area contributed by atoms with Gasteiger partial charge in [-0.15, -0.1) is 0 Å². The van der Waals surface area contributed by atoms with Crippen LogP contribution in [0.2, 0.25) is 0 Å². The summed E-state index contributed by atoms with van der Waals surface area (Å²) in [5.41, 5.74) is 0. The monoisotopic (exact) mass is 315 g/mol. The molecule has 0 aromatic carbocycles. The quantitative estimate of drug-likeness (QED) is 0.610. The first-order valence-electron chi connectivity index (χ1n) is 7.01. The summed E-state index contributed by atoms with van der Waals surface area (Å²) in [7, 11) is 4.29. The smallest absolute Gasteiger partial charge is 0.0632 e. The number of aryl methyl sites for hydroxylation is 1. The van der Waals surface area contributed by atoms with E-state index in [1.165, 1.54) is 51.5 Å². The predicted molar refractivity (Wildman–Crippen MR) is 80.8 cm³/mol. The first-order valence-corrected chi connectivity index (χ1v) is 7.80. The normalized spacial score (nSPS) is 11.3. The van der Waals surface area contributed by atoms with Crippen LogP contribution in [-0.2, 0) is 6.54 Å². The molecule has 0 N–H and O–H groups in total. The molecule has 0 spiro atoms. The van der Waals surface area contributed by atoms with Crippen molar-refractivity contribution in [3.63, 3.8) is 0 Å². The molecule has 0 unspecified atom stereocenters. The minimum atomic E-state index is 1.05. The highest BCUT2D eigenvalue weighted by molar-refractivity contribution is 9.10. The lowest BCUT2D eigenvalue weighted by Gasteiger charge is -2.08. The standard InChI is InChI=1S/C14H26BrN3/c1-17(2)10-8-6-4-3-5-7-9-11-18-13-14(15)12-16-18/h12-13H,3-11H2,1-2H3. The Kier molecular flexibility index (Phi) is 8.34. The topological polar surface area (TPSA) is 21.1 Å². The summed E-state index contributed by atoms with van der Waals surface area (Å²) in [5.74, 6) is 0. The van der Waals surface area contributed by atoms with E-state index in [-0.39, 0.29) is 0 Å². The van der Waals surface area contributed by atoms with E-state index in [4.69, 9.17) is 0 Å². The molecule has 0 amide bonds. The molecule has 0 fully saturated rings. The molecule has 0 saturated carbocycles. The lowest BCUT2D eigenvalue weighted by Crippen LogP contribution is -2.12. The molecular weight excluding hydrogens is 290 g/mol. The van der Waals surface area contributed by atoms with Crippen LogP contribution in [0.15, 0.2) is 16.9 Å². The van der Waals surface area contributed by atoms with Crippen molar-refractivity contribution < 1.29 is 0 Å². The zero-order valence-electron chi connectivity index (χ0n) is 11.7. The molecule has 1 aromatic heterocycles. The van der Waals surface area contributed by atoms with Crippen LogP contribution in [0.4, 0.5) is 0 Å². The highest BCUT2D eigenvalue weighted by Gasteiger charge is 1.96. The summed E-state index contributed by atoms with van der Waals surface area (Å²) in [5, 5.41) is 4.26. The van der Waals surface area contributed by atoms with Crippen LogP contribution in [0.3, 0.4) is 0 Å². The van der Waals surface area contributed by atoms with Gasteiger partial charge in [0, 0.05) is 12.7 Å². The van der Waals surface area contributed by atoms with Gasteiger partial charge >= 0.3 is 0 Å². The molecule has 4 heteroatoms. The molecule has 1 rings (SSSR count). The summed E-state index contributed by atoms with van der Waals surface area (Å²) in [6.07, 6.45) is 13.3. The average molecular weight is 316 g/mol. The molecule has 0 saturated heterocycles. The third kappa shape index (κ3) is 7.88. The molecule has 1 aromatic rings. The first-order chi connectivity index (χ1) is 8.68. The van der Waals surface area contributed by atoms with Gasteiger partial charge < -0.3 is 4.90 Å². The lowest BCUT2D eigenvalue weighted by atomic mass is 10.1. The fourth-order valence-corrected chi connectivity index (χ4v) is 2.37.